The number of carbonyl (C=O) groups excluding carboxylic acids is 2. The minimum Gasteiger partial charge on any atom is -0.497 e. The highest BCUT2D eigenvalue weighted by molar-refractivity contribution is 5.68. The van der Waals surface area contributed by atoms with Gasteiger partial charge in [0.2, 0.25) is 0 Å². The van der Waals surface area contributed by atoms with E-state index in [2.05, 4.69) is 0 Å². The van der Waals surface area contributed by atoms with Gasteiger partial charge in [0.1, 0.15) is 17.3 Å². The Balaban J connectivity index is 2.20. The van der Waals surface area contributed by atoms with Crippen LogP contribution >= 0.6 is 0 Å². The van der Waals surface area contributed by atoms with Gasteiger partial charge in [0.25, 0.3) is 0 Å². The Labute approximate surface area is 153 Å². The predicted molar refractivity (Wildman–Crippen MR) is 94.8 cm³/mol. The maximum atomic E-state index is 12.3. The monoisotopic (exact) mass is 365 g/mol. The molecule has 4 atom stereocenters. The quantitative estimate of drug-likeness (QED) is 0.732. The van der Waals surface area contributed by atoms with Gasteiger partial charge in [-0.1, -0.05) is 6.08 Å². The predicted octanol–water partition coefficient (Wildman–Crippen LogP) is 1.30. The summed E-state index contributed by atoms with van der Waals surface area (Å²) in [6.07, 6.45) is 3.65. The zero-order valence-corrected chi connectivity index (χ0v) is 15.6. The van der Waals surface area contributed by atoms with Crippen molar-refractivity contribution >= 4 is 12.0 Å². The second-order valence-electron chi connectivity index (χ2n) is 7.67. The third-order valence-corrected chi connectivity index (χ3v) is 4.63. The number of aliphatic hydroxyl groups excluding tert-OH is 2. The van der Waals surface area contributed by atoms with Crippen LogP contribution in [-0.4, -0.2) is 65.7 Å². The topological polar surface area (TPSA) is 96.3 Å². The minimum absolute atomic E-state index is 0.0768. The average molecular weight is 365 g/mol. The molecule has 7 nitrogen and oxygen atoms in total. The molecular weight excluding hydrogens is 338 g/mol. The zero-order valence-electron chi connectivity index (χ0n) is 15.6. The molecule has 2 aliphatic rings. The highest BCUT2D eigenvalue weighted by Crippen LogP contribution is 2.37. The first-order valence-electron chi connectivity index (χ1n) is 8.66. The fourth-order valence-electron chi connectivity index (χ4n) is 3.49. The lowest BCUT2D eigenvalue weighted by atomic mass is 9.71. The number of aliphatic hydroxyl groups is 2. The summed E-state index contributed by atoms with van der Waals surface area (Å²) in [5.74, 6) is 1.22. The summed E-state index contributed by atoms with van der Waals surface area (Å²) in [7, 11) is 1.50. The van der Waals surface area contributed by atoms with Crippen LogP contribution in [0.25, 0.3) is 0 Å². The lowest BCUT2D eigenvalue weighted by Crippen LogP contribution is -2.55. The number of β-amino-alcohol motifs (C(OH)–C–C–N with tert-alkyl or cyclic N) is 1. The van der Waals surface area contributed by atoms with Crippen molar-refractivity contribution in [3.63, 3.8) is 0 Å². The summed E-state index contributed by atoms with van der Waals surface area (Å²) in [6, 6.07) is 0. The van der Waals surface area contributed by atoms with Crippen molar-refractivity contribution in [3.05, 3.63) is 29.6 Å². The van der Waals surface area contributed by atoms with Crippen LogP contribution < -0.4 is 0 Å². The molecule has 1 amide bonds. The number of methoxy groups -OCH3 is 1. The van der Waals surface area contributed by atoms with Gasteiger partial charge in [-0.3, -0.25) is 0 Å². The van der Waals surface area contributed by atoms with Crippen molar-refractivity contribution < 1.29 is 29.3 Å². The second kappa shape index (κ2) is 8.08. The highest BCUT2D eigenvalue weighted by Gasteiger charge is 2.43. The number of nitrogens with zero attached hydrogens (tertiary/aromatic N) is 1. The maximum Gasteiger partial charge on any atom is 0.410 e. The fraction of sp³-hybridized carbons (Fsp3) is 0.632. The molecule has 1 aliphatic heterocycles. The van der Waals surface area contributed by atoms with Gasteiger partial charge < -0.3 is 24.6 Å². The molecule has 0 aromatic carbocycles. The summed E-state index contributed by atoms with van der Waals surface area (Å²) in [6.45, 7) is 5.40. The summed E-state index contributed by atoms with van der Waals surface area (Å²) >= 11 is 0. The van der Waals surface area contributed by atoms with E-state index in [1.807, 2.05) is 5.94 Å². The van der Waals surface area contributed by atoms with Crippen LogP contribution in [-0.2, 0) is 14.3 Å². The van der Waals surface area contributed by atoms with Gasteiger partial charge >= 0.3 is 6.09 Å². The van der Waals surface area contributed by atoms with E-state index >= 15 is 0 Å². The Hall–Kier alpha value is -2.08. The number of amides is 1. The van der Waals surface area contributed by atoms with Crippen molar-refractivity contribution in [2.75, 3.05) is 26.8 Å². The molecule has 0 bridgehead atoms. The Morgan fingerprint density at radius 1 is 1.38 bits per heavy atom. The molecule has 2 rings (SSSR count). The molecular formula is C19H27NO6. The molecule has 7 heteroatoms. The number of allylic oxidation sites excluding steroid dienone is 4. The Morgan fingerprint density at radius 2 is 2.08 bits per heavy atom. The number of piperidine rings is 1. The number of hydrogen-bond donors (Lipinski definition) is 2. The van der Waals surface area contributed by atoms with Crippen molar-refractivity contribution in [1.29, 1.82) is 0 Å². The van der Waals surface area contributed by atoms with Gasteiger partial charge in [0.05, 0.1) is 19.8 Å². The van der Waals surface area contributed by atoms with E-state index in [0.29, 0.717) is 11.3 Å². The van der Waals surface area contributed by atoms with Gasteiger partial charge in [-0.2, -0.15) is 0 Å². The summed E-state index contributed by atoms with van der Waals surface area (Å²) < 4.78 is 10.5. The number of rotatable bonds is 3. The average Bonchev–Trinajstić information content (AvgIpc) is 2.59. The van der Waals surface area contributed by atoms with Crippen LogP contribution in [0, 0.1) is 17.8 Å². The Bertz CT molecular complexity index is 641. The van der Waals surface area contributed by atoms with Gasteiger partial charge in [0, 0.05) is 36.5 Å². The van der Waals surface area contributed by atoms with Crippen LogP contribution in [0.5, 0.6) is 0 Å². The van der Waals surface area contributed by atoms with E-state index in [0.717, 1.165) is 0 Å². The molecule has 0 aromatic rings. The molecule has 26 heavy (non-hydrogen) atoms. The summed E-state index contributed by atoms with van der Waals surface area (Å²) in [4.78, 5) is 25.1. The molecule has 2 N–H and O–H groups in total. The van der Waals surface area contributed by atoms with Gasteiger partial charge in [0.15, 0.2) is 0 Å². The molecule has 0 spiro atoms. The van der Waals surface area contributed by atoms with Crippen molar-refractivity contribution in [2.24, 2.45) is 17.8 Å². The lowest BCUT2D eigenvalue weighted by Gasteiger charge is -2.44. The lowest BCUT2D eigenvalue weighted by molar-refractivity contribution is -0.0522. The maximum absolute atomic E-state index is 12.3. The third-order valence-electron chi connectivity index (χ3n) is 4.63. The van der Waals surface area contributed by atoms with Crippen molar-refractivity contribution in [1.82, 2.24) is 4.90 Å². The third kappa shape index (κ3) is 4.55. The summed E-state index contributed by atoms with van der Waals surface area (Å²) in [5, 5.41) is 20.5. The molecule has 1 heterocycles. The number of likely N-dealkylation sites (tertiary alicyclic amines) is 1. The smallest absolute Gasteiger partial charge is 0.410 e. The van der Waals surface area contributed by atoms with Crippen LogP contribution in [0.3, 0.4) is 0 Å². The van der Waals surface area contributed by atoms with Gasteiger partial charge in [-0.15, -0.1) is 0 Å². The molecule has 144 valence electrons. The number of carbonyl (C=O) groups is 1. The molecule has 0 saturated carbocycles. The molecule has 1 fully saturated rings. The van der Waals surface area contributed by atoms with Crippen molar-refractivity contribution in [3.8, 4) is 0 Å². The largest absolute Gasteiger partial charge is 0.497 e. The van der Waals surface area contributed by atoms with E-state index in [1.165, 1.54) is 12.0 Å². The Kier molecular flexibility index (Phi) is 6.29. The van der Waals surface area contributed by atoms with E-state index in [4.69, 9.17) is 9.47 Å². The highest BCUT2D eigenvalue weighted by atomic mass is 16.6. The molecule has 1 unspecified atom stereocenters. The van der Waals surface area contributed by atoms with E-state index in [-0.39, 0.29) is 19.7 Å². The Morgan fingerprint density at radius 3 is 2.62 bits per heavy atom. The van der Waals surface area contributed by atoms with Crippen LogP contribution in [0.4, 0.5) is 4.79 Å². The normalized spacial score (nSPS) is 29.1. The number of ether oxygens (including phenoxy) is 2. The fourth-order valence-corrected chi connectivity index (χ4v) is 3.49. The standard InChI is InChI=1S/C19H27NO6/c1-19(2,3)26-18(24)20-8-13(11-22)17(16(23)9-20)15-6-5-14(25-4)7-12(15)10-21/h5-7,13,15-17,22-23H,8-9,11H2,1-4H3/t13-,15?,16-,17-/m0/s1. The minimum atomic E-state index is -0.913. The summed E-state index contributed by atoms with van der Waals surface area (Å²) in [5.41, 5.74) is -0.286. The first-order valence-corrected chi connectivity index (χ1v) is 8.66. The van der Waals surface area contributed by atoms with E-state index in [1.54, 1.807) is 39.0 Å². The SMILES string of the molecule is COC1=CC(=C=O)C([C@@H]2[C@H](CO)CN(C(=O)OC(C)(C)C)C[C@@H]2O)C=C1. The molecule has 0 aromatic heterocycles. The van der Waals surface area contributed by atoms with Crippen LogP contribution in [0.1, 0.15) is 20.8 Å². The van der Waals surface area contributed by atoms with Crippen LogP contribution in [0.2, 0.25) is 0 Å². The number of hydrogen-bond acceptors (Lipinski definition) is 6. The molecule has 1 saturated heterocycles. The van der Waals surface area contributed by atoms with E-state index in [9.17, 15) is 19.8 Å². The molecule has 1 aliphatic carbocycles. The van der Waals surface area contributed by atoms with Gasteiger partial charge in [-0.05, 0) is 32.9 Å². The van der Waals surface area contributed by atoms with Crippen molar-refractivity contribution in [2.45, 2.75) is 32.5 Å². The zero-order chi connectivity index (χ0) is 19.5. The first kappa shape index (κ1) is 20.2. The van der Waals surface area contributed by atoms with Gasteiger partial charge in [-0.25, -0.2) is 9.59 Å². The second-order valence-corrected chi connectivity index (χ2v) is 7.67. The van der Waals surface area contributed by atoms with Crippen LogP contribution in [0.15, 0.2) is 29.6 Å². The first-order chi connectivity index (χ1) is 12.2. The molecule has 0 radical (unpaired) electrons. The van der Waals surface area contributed by atoms with E-state index < -0.39 is 35.6 Å².